The van der Waals surface area contributed by atoms with E-state index in [9.17, 15) is 0 Å². The molecule has 0 aliphatic heterocycles. The number of hydrogen-bond donors (Lipinski definition) is 0. The zero-order valence-corrected chi connectivity index (χ0v) is 13.0. The van der Waals surface area contributed by atoms with Gasteiger partial charge in [-0.1, -0.05) is 0 Å². The van der Waals surface area contributed by atoms with Crippen LogP contribution in [0.1, 0.15) is 5.56 Å². The van der Waals surface area contributed by atoms with E-state index < -0.39 is 0 Å². The molecule has 0 fully saturated rings. The van der Waals surface area contributed by atoms with Crippen LogP contribution >= 0.6 is 0 Å². The normalized spacial score (nSPS) is 11.2. The molecular weight excluding hydrogens is 307 g/mol. The molecule has 3 aromatic carbocycles. The van der Waals surface area contributed by atoms with Gasteiger partial charge in [0.05, 0.1) is 0 Å². The minimum absolute atomic E-state index is 0.469. The first-order chi connectivity index (χ1) is 9.81. The summed E-state index contributed by atoms with van der Waals surface area (Å²) < 4.78 is 3.02. The first-order valence-corrected chi connectivity index (χ1v) is 8.51. The Hall–Kier alpha value is -1.82. The summed E-state index contributed by atoms with van der Waals surface area (Å²) in [5, 5.41) is 2.86. The van der Waals surface area contributed by atoms with Crippen LogP contribution in [0, 0.1) is 6.92 Å². The van der Waals surface area contributed by atoms with Gasteiger partial charge in [0.1, 0.15) is 0 Å². The topological polar surface area (TPSA) is 0 Å². The summed E-state index contributed by atoms with van der Waals surface area (Å²) in [6.07, 6.45) is 0. The molecule has 1 heterocycles. The van der Waals surface area contributed by atoms with Crippen molar-refractivity contribution >= 4 is 33.8 Å². The number of hydrogen-bond acceptors (Lipinski definition) is 0. The summed E-state index contributed by atoms with van der Waals surface area (Å²) in [5.41, 5.74) is 3.94. The molecule has 96 valence electrons. The van der Waals surface area contributed by atoms with Gasteiger partial charge in [0.15, 0.2) is 0 Å². The van der Waals surface area contributed by atoms with E-state index in [0.29, 0.717) is 14.5 Å². The van der Waals surface area contributed by atoms with E-state index in [1.54, 1.807) is 0 Å². The summed E-state index contributed by atoms with van der Waals surface area (Å²) in [4.78, 5) is 0. The Balaban J connectivity index is 2.00. The van der Waals surface area contributed by atoms with E-state index in [1.165, 1.54) is 36.0 Å². The Bertz CT molecular complexity index is 915. The van der Waals surface area contributed by atoms with Crippen molar-refractivity contribution in [1.29, 1.82) is 0 Å². The van der Waals surface area contributed by atoms with Gasteiger partial charge in [0, 0.05) is 0 Å². The SMILES string of the molecule is Cc1cccc(-c2ccc3[se]c4ccccc4c3c2)c1. The number of fused-ring (bicyclic) bond motifs is 3. The van der Waals surface area contributed by atoms with Gasteiger partial charge in [0.2, 0.25) is 0 Å². The predicted molar refractivity (Wildman–Crippen MR) is 88.6 cm³/mol. The van der Waals surface area contributed by atoms with Gasteiger partial charge in [-0.05, 0) is 0 Å². The third-order valence-corrected chi connectivity index (χ3v) is 6.14. The minimum atomic E-state index is 0.469. The number of rotatable bonds is 1. The van der Waals surface area contributed by atoms with Crippen LogP contribution in [0.2, 0.25) is 0 Å². The molecule has 0 saturated carbocycles. The second-order valence-electron chi connectivity index (χ2n) is 5.18. The van der Waals surface area contributed by atoms with Crippen molar-refractivity contribution in [3.8, 4) is 11.1 Å². The van der Waals surface area contributed by atoms with E-state index in [4.69, 9.17) is 0 Å². The van der Waals surface area contributed by atoms with Gasteiger partial charge >= 0.3 is 124 Å². The molecule has 0 radical (unpaired) electrons. The second-order valence-corrected chi connectivity index (χ2v) is 7.45. The maximum absolute atomic E-state index is 2.36. The first kappa shape index (κ1) is 12.0. The summed E-state index contributed by atoms with van der Waals surface area (Å²) >= 11 is 0.469. The van der Waals surface area contributed by atoms with E-state index in [1.807, 2.05) is 0 Å². The number of benzene rings is 3. The van der Waals surface area contributed by atoms with Crippen LogP contribution in [0.5, 0.6) is 0 Å². The molecule has 0 N–H and O–H groups in total. The van der Waals surface area contributed by atoms with Crippen molar-refractivity contribution in [2.75, 3.05) is 0 Å². The van der Waals surface area contributed by atoms with Crippen molar-refractivity contribution in [3.05, 3.63) is 72.3 Å². The Morgan fingerprint density at radius 3 is 2.35 bits per heavy atom. The maximum atomic E-state index is 2.36. The molecule has 0 amide bonds. The molecule has 4 aromatic rings. The summed E-state index contributed by atoms with van der Waals surface area (Å²) in [5.74, 6) is 0. The van der Waals surface area contributed by atoms with Gasteiger partial charge in [-0.25, -0.2) is 0 Å². The molecule has 0 aliphatic rings. The molecule has 0 aliphatic carbocycles. The molecule has 4 rings (SSSR count). The molecule has 0 nitrogen and oxygen atoms in total. The molecule has 0 atom stereocenters. The van der Waals surface area contributed by atoms with Crippen LogP contribution in [-0.2, 0) is 0 Å². The van der Waals surface area contributed by atoms with Crippen LogP contribution < -0.4 is 0 Å². The van der Waals surface area contributed by atoms with Crippen molar-refractivity contribution < 1.29 is 0 Å². The monoisotopic (exact) mass is 322 g/mol. The average Bonchev–Trinajstić information content (AvgIpc) is 2.85. The molecule has 0 unspecified atom stereocenters. The number of aryl methyl sites for hydroxylation is 1. The third kappa shape index (κ3) is 1.91. The fraction of sp³-hybridized carbons (Fsp3) is 0.0526. The van der Waals surface area contributed by atoms with E-state index >= 15 is 0 Å². The van der Waals surface area contributed by atoms with Gasteiger partial charge in [-0.2, -0.15) is 0 Å². The summed E-state index contributed by atoms with van der Waals surface area (Å²) in [7, 11) is 0. The van der Waals surface area contributed by atoms with Gasteiger partial charge < -0.3 is 0 Å². The zero-order valence-electron chi connectivity index (χ0n) is 11.3. The molecule has 1 aromatic heterocycles. The van der Waals surface area contributed by atoms with Crippen LogP contribution in [0.25, 0.3) is 30.4 Å². The molecule has 20 heavy (non-hydrogen) atoms. The van der Waals surface area contributed by atoms with Gasteiger partial charge in [0.25, 0.3) is 0 Å². The molecular formula is C19H14Se. The van der Waals surface area contributed by atoms with Crippen molar-refractivity contribution in [2.24, 2.45) is 0 Å². The quantitative estimate of drug-likeness (QED) is 0.432. The average molecular weight is 321 g/mol. The van der Waals surface area contributed by atoms with Crippen molar-refractivity contribution in [3.63, 3.8) is 0 Å². The van der Waals surface area contributed by atoms with Gasteiger partial charge in [-0.3, -0.25) is 0 Å². The van der Waals surface area contributed by atoms with Crippen LogP contribution in [0.4, 0.5) is 0 Å². The van der Waals surface area contributed by atoms with E-state index in [2.05, 4.69) is 73.7 Å². The summed E-state index contributed by atoms with van der Waals surface area (Å²) in [6, 6.07) is 24.5. The van der Waals surface area contributed by atoms with Crippen LogP contribution in [-0.4, -0.2) is 14.5 Å². The van der Waals surface area contributed by atoms with Crippen LogP contribution in [0.15, 0.2) is 66.7 Å². The van der Waals surface area contributed by atoms with Gasteiger partial charge in [-0.15, -0.1) is 0 Å². The molecule has 1 heteroatoms. The fourth-order valence-electron chi connectivity index (χ4n) is 2.73. The summed E-state index contributed by atoms with van der Waals surface area (Å²) in [6.45, 7) is 2.15. The Morgan fingerprint density at radius 2 is 1.45 bits per heavy atom. The Morgan fingerprint density at radius 1 is 0.650 bits per heavy atom. The van der Waals surface area contributed by atoms with E-state index in [0.717, 1.165) is 0 Å². The third-order valence-electron chi connectivity index (χ3n) is 3.73. The fourth-order valence-corrected chi connectivity index (χ4v) is 5.01. The molecule has 0 bridgehead atoms. The van der Waals surface area contributed by atoms with Crippen molar-refractivity contribution in [1.82, 2.24) is 0 Å². The molecule has 0 saturated heterocycles. The Kier molecular flexibility index (Phi) is 2.77. The zero-order chi connectivity index (χ0) is 13.5. The first-order valence-electron chi connectivity index (χ1n) is 6.79. The standard InChI is InChI=1S/C19H14Se/c1-13-5-4-6-14(11-13)15-9-10-19-17(12-15)16-7-2-3-8-18(16)20-19/h2-12H,1H3. The molecule has 0 spiro atoms. The van der Waals surface area contributed by atoms with E-state index in [-0.39, 0.29) is 0 Å². The predicted octanol–water partition coefficient (Wildman–Crippen LogP) is 5.03. The van der Waals surface area contributed by atoms with Crippen LogP contribution in [0.3, 0.4) is 0 Å². The second kappa shape index (κ2) is 4.63. The Labute approximate surface area is 124 Å². The van der Waals surface area contributed by atoms with Crippen molar-refractivity contribution in [2.45, 2.75) is 6.92 Å².